The minimum atomic E-state index is -4.60. The number of aliphatic hydroxyl groups excluding tert-OH is 2. The van der Waals surface area contributed by atoms with E-state index >= 15 is 0 Å². The van der Waals surface area contributed by atoms with E-state index < -0.39 is 64.7 Å². The highest BCUT2D eigenvalue weighted by atomic mass is 19.4. The lowest BCUT2D eigenvalue weighted by Gasteiger charge is -2.27. The van der Waals surface area contributed by atoms with Gasteiger partial charge in [-0.15, -0.1) is 0 Å². The predicted molar refractivity (Wildman–Crippen MR) is 121 cm³/mol. The molecule has 37 heavy (non-hydrogen) atoms. The summed E-state index contributed by atoms with van der Waals surface area (Å²) >= 11 is 0. The molecule has 3 aromatic heterocycles. The first-order valence-corrected chi connectivity index (χ1v) is 11.0. The number of amides is 1. The van der Waals surface area contributed by atoms with Crippen molar-refractivity contribution in [3.05, 3.63) is 58.0 Å². The number of alkyl halides is 3. The molecule has 0 radical (unpaired) electrons. The van der Waals surface area contributed by atoms with Crippen molar-refractivity contribution in [3.8, 4) is 5.82 Å². The third-order valence-corrected chi connectivity index (χ3v) is 5.77. The maximum atomic E-state index is 14.7. The SMILES string of the molecule is CC(C)(CC(F)(F)F)NC(=O)c1cn(-c2ncc(F)cc2F)c2nc(N3C[C@@H](O)[C@H](O)C3)ccc2c1=O. The van der Waals surface area contributed by atoms with E-state index in [4.69, 9.17) is 0 Å². The molecule has 0 aromatic carbocycles. The summed E-state index contributed by atoms with van der Waals surface area (Å²) in [7, 11) is 0. The Morgan fingerprint density at radius 2 is 1.81 bits per heavy atom. The lowest BCUT2D eigenvalue weighted by atomic mass is 9.99. The lowest BCUT2D eigenvalue weighted by molar-refractivity contribution is -0.146. The zero-order valence-corrected chi connectivity index (χ0v) is 19.6. The number of hydrogen-bond acceptors (Lipinski definition) is 7. The first-order valence-electron chi connectivity index (χ1n) is 11.0. The second-order valence-electron chi connectivity index (χ2n) is 9.41. The second-order valence-corrected chi connectivity index (χ2v) is 9.41. The van der Waals surface area contributed by atoms with E-state index in [1.807, 2.05) is 0 Å². The van der Waals surface area contributed by atoms with Gasteiger partial charge in [0, 0.05) is 30.9 Å². The molecule has 14 heteroatoms. The Bertz CT molecular complexity index is 1420. The van der Waals surface area contributed by atoms with Gasteiger partial charge in [-0.25, -0.2) is 18.7 Å². The van der Waals surface area contributed by atoms with Gasteiger partial charge < -0.3 is 20.4 Å². The van der Waals surface area contributed by atoms with Gasteiger partial charge in [-0.2, -0.15) is 13.2 Å². The molecular formula is C23H22F5N5O4. The standard InChI is InChI=1S/C23H22F5N5O4/c1-22(2,10-23(26,27)28)31-21(37)13-7-33(20-14(25)5-11(24)6-29-20)19-12(18(13)36)3-4-17(30-19)32-8-15(34)16(35)9-32/h3-7,15-16,34-35H,8-10H2,1-2H3,(H,31,37)/t15-,16-/m1/s1. The first-order chi connectivity index (χ1) is 17.1. The van der Waals surface area contributed by atoms with Crippen molar-refractivity contribution in [1.29, 1.82) is 0 Å². The molecule has 0 spiro atoms. The van der Waals surface area contributed by atoms with Crippen LogP contribution in [-0.4, -0.2) is 67.7 Å². The third kappa shape index (κ3) is 5.54. The summed E-state index contributed by atoms with van der Waals surface area (Å²) in [6.45, 7) is 2.29. The maximum Gasteiger partial charge on any atom is 0.391 e. The Morgan fingerprint density at radius 3 is 2.41 bits per heavy atom. The summed E-state index contributed by atoms with van der Waals surface area (Å²) < 4.78 is 68.0. The molecule has 0 aliphatic carbocycles. The molecule has 0 bridgehead atoms. The fraction of sp³-hybridized carbons (Fsp3) is 0.391. The van der Waals surface area contributed by atoms with Gasteiger partial charge in [0.1, 0.15) is 17.2 Å². The number of fused-ring (bicyclic) bond motifs is 1. The molecule has 1 fully saturated rings. The number of aliphatic hydroxyl groups is 2. The van der Waals surface area contributed by atoms with Crippen molar-refractivity contribution in [2.45, 2.75) is 44.2 Å². The van der Waals surface area contributed by atoms with Crippen LogP contribution in [-0.2, 0) is 0 Å². The molecule has 2 atom stereocenters. The summed E-state index contributed by atoms with van der Waals surface area (Å²) in [5.74, 6) is -3.63. The molecule has 4 rings (SSSR count). The summed E-state index contributed by atoms with van der Waals surface area (Å²) in [6, 6.07) is 3.17. The van der Waals surface area contributed by atoms with Crippen LogP contribution >= 0.6 is 0 Å². The number of carbonyl (C=O) groups excluding carboxylic acids is 1. The summed E-state index contributed by atoms with van der Waals surface area (Å²) in [5.41, 5.74) is -3.48. The number of rotatable bonds is 5. The van der Waals surface area contributed by atoms with Gasteiger partial charge >= 0.3 is 6.18 Å². The largest absolute Gasteiger partial charge is 0.391 e. The zero-order chi connectivity index (χ0) is 27.3. The van der Waals surface area contributed by atoms with E-state index in [1.165, 1.54) is 17.0 Å². The molecule has 4 heterocycles. The van der Waals surface area contributed by atoms with Crippen molar-refractivity contribution in [1.82, 2.24) is 19.9 Å². The number of hydrogen-bond donors (Lipinski definition) is 3. The number of pyridine rings is 3. The molecule has 1 aliphatic rings. The van der Waals surface area contributed by atoms with Gasteiger partial charge in [0.05, 0.1) is 30.2 Å². The fourth-order valence-corrected chi connectivity index (χ4v) is 4.15. The van der Waals surface area contributed by atoms with Crippen LogP contribution in [0.3, 0.4) is 0 Å². The average molecular weight is 527 g/mol. The highest BCUT2D eigenvalue weighted by Crippen LogP contribution is 2.28. The molecule has 198 valence electrons. The molecule has 3 aromatic rings. The molecule has 0 unspecified atom stereocenters. The Kier molecular flexibility index (Phi) is 6.67. The monoisotopic (exact) mass is 527 g/mol. The number of aromatic nitrogens is 3. The molecule has 1 aliphatic heterocycles. The van der Waals surface area contributed by atoms with Gasteiger partial charge in [0.15, 0.2) is 17.3 Å². The van der Waals surface area contributed by atoms with E-state index in [1.54, 1.807) is 0 Å². The zero-order valence-electron chi connectivity index (χ0n) is 19.6. The quantitative estimate of drug-likeness (QED) is 0.435. The van der Waals surface area contributed by atoms with Crippen LogP contribution in [0.15, 0.2) is 35.4 Å². The van der Waals surface area contributed by atoms with Crippen molar-refractivity contribution in [2.24, 2.45) is 0 Å². The van der Waals surface area contributed by atoms with E-state index in [0.29, 0.717) is 12.3 Å². The normalized spacial score (nSPS) is 18.5. The number of carbonyl (C=O) groups is 1. The van der Waals surface area contributed by atoms with Crippen LogP contribution in [0.5, 0.6) is 0 Å². The van der Waals surface area contributed by atoms with Crippen LogP contribution in [0.25, 0.3) is 16.9 Å². The van der Waals surface area contributed by atoms with Gasteiger partial charge in [-0.1, -0.05) is 0 Å². The molecule has 3 N–H and O–H groups in total. The lowest BCUT2D eigenvalue weighted by Crippen LogP contribution is -2.47. The van der Waals surface area contributed by atoms with Crippen molar-refractivity contribution < 1.29 is 37.0 Å². The summed E-state index contributed by atoms with van der Waals surface area (Å²) in [6.07, 6.45) is -6.51. The second kappa shape index (κ2) is 9.34. The first kappa shape index (κ1) is 26.4. The number of halogens is 5. The minimum absolute atomic E-state index is 0.0157. The van der Waals surface area contributed by atoms with Gasteiger partial charge in [-0.05, 0) is 26.0 Å². The highest BCUT2D eigenvalue weighted by Gasteiger charge is 2.38. The van der Waals surface area contributed by atoms with Crippen LogP contribution in [0.1, 0.15) is 30.6 Å². The average Bonchev–Trinajstić information content (AvgIpc) is 3.10. The van der Waals surface area contributed by atoms with Crippen molar-refractivity contribution >= 4 is 22.8 Å². The number of β-amino-alcohol motifs (C(OH)–C–C–N with tert-alkyl or cyclic N) is 2. The Morgan fingerprint density at radius 1 is 1.16 bits per heavy atom. The van der Waals surface area contributed by atoms with Crippen molar-refractivity contribution in [3.63, 3.8) is 0 Å². The van der Waals surface area contributed by atoms with Gasteiger partial charge in [0.2, 0.25) is 5.43 Å². The van der Waals surface area contributed by atoms with Gasteiger partial charge in [0.25, 0.3) is 5.91 Å². The van der Waals surface area contributed by atoms with E-state index in [-0.39, 0.29) is 29.9 Å². The maximum absolute atomic E-state index is 14.7. The van der Waals surface area contributed by atoms with E-state index in [9.17, 15) is 41.8 Å². The molecular weight excluding hydrogens is 505 g/mol. The van der Waals surface area contributed by atoms with Crippen LogP contribution in [0.2, 0.25) is 0 Å². The Labute approximate surface area is 206 Å². The molecule has 9 nitrogen and oxygen atoms in total. The van der Waals surface area contributed by atoms with Crippen LogP contribution < -0.4 is 15.6 Å². The topological polar surface area (TPSA) is 121 Å². The Balaban J connectivity index is 1.87. The Hall–Kier alpha value is -3.65. The summed E-state index contributed by atoms with van der Waals surface area (Å²) in [4.78, 5) is 35.7. The number of nitrogens with one attached hydrogen (secondary N) is 1. The van der Waals surface area contributed by atoms with Gasteiger partial charge in [-0.3, -0.25) is 14.2 Å². The fourth-order valence-electron chi connectivity index (χ4n) is 4.15. The van der Waals surface area contributed by atoms with Crippen molar-refractivity contribution in [2.75, 3.05) is 18.0 Å². The highest BCUT2D eigenvalue weighted by molar-refractivity contribution is 5.97. The van der Waals surface area contributed by atoms with Crippen LogP contribution in [0, 0.1) is 11.6 Å². The molecule has 1 saturated heterocycles. The smallest absolute Gasteiger partial charge is 0.389 e. The van der Waals surface area contributed by atoms with E-state index in [0.717, 1.165) is 24.6 Å². The number of anilines is 1. The third-order valence-electron chi connectivity index (χ3n) is 5.77. The predicted octanol–water partition coefficient (Wildman–Crippen LogP) is 2.06. The molecule has 0 saturated carbocycles. The summed E-state index contributed by atoms with van der Waals surface area (Å²) in [5, 5.41) is 21.7. The van der Waals surface area contributed by atoms with E-state index in [2.05, 4.69) is 15.3 Å². The molecule has 1 amide bonds. The van der Waals surface area contributed by atoms with Crippen LogP contribution in [0.4, 0.5) is 27.8 Å². The minimum Gasteiger partial charge on any atom is -0.389 e. The number of nitrogens with zero attached hydrogens (tertiary/aromatic N) is 4.